The van der Waals surface area contributed by atoms with E-state index in [9.17, 15) is 26.7 Å². The largest absolute Gasteiger partial charge is 0.421 e. The molecule has 0 amide bonds. The van der Waals surface area contributed by atoms with Crippen LogP contribution in [-0.4, -0.2) is 66.6 Å². The Bertz CT molecular complexity index is 1050. The lowest BCUT2D eigenvalue weighted by Crippen LogP contribution is -2.50. The van der Waals surface area contributed by atoms with Gasteiger partial charge in [0, 0.05) is 50.5 Å². The number of alkyl halides is 3. The minimum absolute atomic E-state index is 0.0804. The van der Waals surface area contributed by atoms with Crippen molar-refractivity contribution in [1.29, 1.82) is 0 Å². The summed E-state index contributed by atoms with van der Waals surface area (Å²) in [6.45, 7) is 3.33. The second kappa shape index (κ2) is 8.09. The third kappa shape index (κ3) is 4.28. The van der Waals surface area contributed by atoms with Gasteiger partial charge in [-0.15, -0.1) is 0 Å². The molecular weight excluding hydrogens is 443 g/mol. The van der Waals surface area contributed by atoms with Crippen molar-refractivity contribution < 1.29 is 26.7 Å². The Hall–Kier alpha value is -2.01. The standard InChI is InChI=1S/C22H26F3N3O3S/c1-20(29,22(23,24)25)17-2-4-19(5-3-17)32(30,31)28-14-12-27(13-15-28)16-21(8-9-21)18-6-10-26-11-7-18/h2-7,10-11,29H,8-9,12-16H2,1H3. The number of rotatable bonds is 6. The van der Waals surface area contributed by atoms with Crippen molar-refractivity contribution in [1.82, 2.24) is 14.2 Å². The molecule has 2 aromatic rings. The lowest BCUT2D eigenvalue weighted by molar-refractivity contribution is -0.258. The number of benzene rings is 1. The van der Waals surface area contributed by atoms with Gasteiger partial charge in [0.1, 0.15) is 0 Å². The van der Waals surface area contributed by atoms with Crippen LogP contribution in [0, 0.1) is 0 Å². The molecule has 1 saturated carbocycles. The van der Waals surface area contributed by atoms with E-state index >= 15 is 0 Å². The highest BCUT2D eigenvalue weighted by Crippen LogP contribution is 2.48. The normalized spacial score (nSPS) is 21.8. The van der Waals surface area contributed by atoms with Gasteiger partial charge in [0.25, 0.3) is 0 Å². The molecule has 0 spiro atoms. The molecule has 32 heavy (non-hydrogen) atoms. The van der Waals surface area contributed by atoms with Gasteiger partial charge in [-0.05, 0) is 55.2 Å². The zero-order valence-corrected chi connectivity index (χ0v) is 18.5. The van der Waals surface area contributed by atoms with Crippen LogP contribution in [0.1, 0.15) is 30.9 Å². The molecule has 1 N–H and O–H groups in total. The highest BCUT2D eigenvalue weighted by Gasteiger charge is 2.51. The molecule has 2 aliphatic rings. The Balaban J connectivity index is 1.40. The minimum atomic E-state index is -4.86. The number of nitrogens with zero attached hydrogens (tertiary/aromatic N) is 3. The molecule has 1 unspecified atom stereocenters. The van der Waals surface area contributed by atoms with Gasteiger partial charge < -0.3 is 5.11 Å². The molecule has 1 atom stereocenters. The fourth-order valence-electron chi connectivity index (χ4n) is 4.21. The molecule has 1 saturated heterocycles. The predicted molar refractivity (Wildman–Crippen MR) is 112 cm³/mol. The van der Waals surface area contributed by atoms with Crippen LogP contribution < -0.4 is 0 Å². The van der Waals surface area contributed by atoms with E-state index < -0.39 is 27.4 Å². The van der Waals surface area contributed by atoms with E-state index in [-0.39, 0.29) is 10.3 Å². The van der Waals surface area contributed by atoms with Gasteiger partial charge in [0.15, 0.2) is 5.60 Å². The molecule has 1 aliphatic heterocycles. The monoisotopic (exact) mass is 469 g/mol. The van der Waals surface area contributed by atoms with Crippen LogP contribution >= 0.6 is 0 Å². The van der Waals surface area contributed by atoms with E-state index in [0.29, 0.717) is 33.1 Å². The van der Waals surface area contributed by atoms with E-state index in [1.807, 2.05) is 12.1 Å². The molecule has 174 valence electrons. The van der Waals surface area contributed by atoms with Crippen LogP contribution in [0.3, 0.4) is 0 Å². The van der Waals surface area contributed by atoms with Crippen molar-refractivity contribution in [3.63, 3.8) is 0 Å². The summed E-state index contributed by atoms with van der Waals surface area (Å²) in [6.07, 6.45) is 0.921. The van der Waals surface area contributed by atoms with Crippen LogP contribution in [0.5, 0.6) is 0 Å². The van der Waals surface area contributed by atoms with Crippen molar-refractivity contribution in [2.24, 2.45) is 0 Å². The maximum absolute atomic E-state index is 13.0. The first kappa shape index (κ1) is 23.2. The number of aromatic nitrogens is 1. The van der Waals surface area contributed by atoms with Crippen molar-refractivity contribution >= 4 is 10.0 Å². The van der Waals surface area contributed by atoms with Crippen LogP contribution in [-0.2, 0) is 21.0 Å². The van der Waals surface area contributed by atoms with E-state index in [1.165, 1.54) is 9.87 Å². The highest BCUT2D eigenvalue weighted by atomic mass is 32.2. The summed E-state index contributed by atoms with van der Waals surface area (Å²) in [5.41, 5.74) is -2.07. The summed E-state index contributed by atoms with van der Waals surface area (Å²) in [5, 5.41) is 9.78. The molecule has 4 rings (SSSR count). The molecule has 0 bridgehead atoms. The number of piperazine rings is 1. The summed E-state index contributed by atoms with van der Waals surface area (Å²) in [4.78, 5) is 6.26. The maximum Gasteiger partial charge on any atom is 0.421 e. The summed E-state index contributed by atoms with van der Waals surface area (Å²) in [6, 6.07) is 8.35. The molecule has 1 aromatic heterocycles. The Morgan fingerprint density at radius 1 is 1.00 bits per heavy atom. The van der Waals surface area contributed by atoms with Crippen LogP contribution in [0.25, 0.3) is 0 Å². The Morgan fingerprint density at radius 2 is 1.56 bits per heavy atom. The number of hydrogen-bond acceptors (Lipinski definition) is 5. The average Bonchev–Trinajstić information content (AvgIpc) is 3.55. The first-order valence-corrected chi connectivity index (χ1v) is 11.9. The Morgan fingerprint density at radius 3 is 2.06 bits per heavy atom. The van der Waals surface area contributed by atoms with Gasteiger partial charge >= 0.3 is 6.18 Å². The number of halogens is 3. The Labute approximate surface area is 185 Å². The number of sulfonamides is 1. The fraction of sp³-hybridized carbons (Fsp3) is 0.500. The molecular formula is C22H26F3N3O3S. The van der Waals surface area contributed by atoms with E-state index in [4.69, 9.17) is 0 Å². The Kier molecular flexibility index (Phi) is 5.85. The molecule has 10 heteroatoms. The topological polar surface area (TPSA) is 73.7 Å². The van der Waals surface area contributed by atoms with Crippen LogP contribution in [0.15, 0.2) is 53.7 Å². The summed E-state index contributed by atoms with van der Waals surface area (Å²) >= 11 is 0. The zero-order chi connectivity index (χ0) is 23.2. The number of hydrogen-bond donors (Lipinski definition) is 1. The first-order valence-electron chi connectivity index (χ1n) is 10.5. The first-order chi connectivity index (χ1) is 15.0. The van der Waals surface area contributed by atoms with Crippen LogP contribution in [0.4, 0.5) is 13.2 Å². The van der Waals surface area contributed by atoms with Gasteiger partial charge in [-0.1, -0.05) is 12.1 Å². The number of aliphatic hydroxyl groups is 1. The van der Waals surface area contributed by atoms with E-state index in [0.717, 1.165) is 43.7 Å². The highest BCUT2D eigenvalue weighted by molar-refractivity contribution is 7.89. The summed E-state index contributed by atoms with van der Waals surface area (Å²) < 4.78 is 66.4. The second-order valence-electron chi connectivity index (χ2n) is 8.79. The quantitative estimate of drug-likeness (QED) is 0.704. The molecule has 6 nitrogen and oxygen atoms in total. The average molecular weight is 470 g/mol. The van der Waals surface area contributed by atoms with Gasteiger partial charge in [0.2, 0.25) is 10.0 Å². The van der Waals surface area contributed by atoms with Crippen molar-refractivity contribution in [3.8, 4) is 0 Å². The minimum Gasteiger partial charge on any atom is -0.376 e. The summed E-state index contributed by atoms with van der Waals surface area (Å²) in [5.74, 6) is 0. The summed E-state index contributed by atoms with van der Waals surface area (Å²) in [7, 11) is -3.83. The van der Waals surface area contributed by atoms with Gasteiger partial charge in [-0.3, -0.25) is 9.88 Å². The zero-order valence-electron chi connectivity index (χ0n) is 17.7. The lowest BCUT2D eigenvalue weighted by atomic mass is 9.96. The second-order valence-corrected chi connectivity index (χ2v) is 10.7. The molecule has 1 aliphatic carbocycles. The third-order valence-electron chi connectivity index (χ3n) is 6.61. The number of pyridine rings is 1. The van der Waals surface area contributed by atoms with Gasteiger partial charge in [-0.2, -0.15) is 17.5 Å². The predicted octanol–water partition coefficient (Wildman–Crippen LogP) is 2.89. The van der Waals surface area contributed by atoms with Gasteiger partial charge in [0.05, 0.1) is 4.90 Å². The third-order valence-corrected chi connectivity index (χ3v) is 8.52. The van der Waals surface area contributed by atoms with Crippen molar-refractivity contribution in [2.75, 3.05) is 32.7 Å². The van der Waals surface area contributed by atoms with Crippen molar-refractivity contribution in [3.05, 3.63) is 59.9 Å². The van der Waals surface area contributed by atoms with E-state index in [2.05, 4.69) is 9.88 Å². The molecule has 1 aromatic carbocycles. The maximum atomic E-state index is 13.0. The van der Waals surface area contributed by atoms with Crippen LogP contribution in [0.2, 0.25) is 0 Å². The van der Waals surface area contributed by atoms with Crippen molar-refractivity contribution in [2.45, 2.75) is 41.9 Å². The van der Waals surface area contributed by atoms with Gasteiger partial charge in [-0.25, -0.2) is 8.42 Å². The molecule has 2 heterocycles. The van der Waals surface area contributed by atoms with E-state index in [1.54, 1.807) is 12.4 Å². The fourth-order valence-corrected chi connectivity index (χ4v) is 5.64. The smallest absolute Gasteiger partial charge is 0.376 e. The SMILES string of the molecule is CC(O)(c1ccc(S(=O)(=O)N2CCN(CC3(c4ccncc4)CC3)CC2)cc1)C(F)(F)F. The lowest BCUT2D eigenvalue weighted by Gasteiger charge is -2.36. The molecule has 2 fully saturated rings. The molecule has 0 radical (unpaired) electrons.